The van der Waals surface area contributed by atoms with E-state index < -0.39 is 89.8 Å². The Hall–Kier alpha value is -3.58. The number of nitrogens with zero attached hydrogens (tertiary/aromatic N) is 2. The summed E-state index contributed by atoms with van der Waals surface area (Å²) in [5.74, 6) is -0.700. The van der Waals surface area contributed by atoms with Gasteiger partial charge in [0, 0.05) is 19.0 Å². The molecule has 1 fully saturated rings. The van der Waals surface area contributed by atoms with Crippen LogP contribution in [0.3, 0.4) is 0 Å². The number of nitrogen functional groups attached to an aromatic ring is 1. The topological polar surface area (TPSA) is 286 Å². The number of hydrogen-bond acceptors (Lipinski definition) is 16. The summed E-state index contributed by atoms with van der Waals surface area (Å²) in [6, 6.07) is 1.24. The number of esters is 2. The number of aliphatic hydroxyl groups excluding tert-OH is 3. The minimum Gasteiger partial charge on any atom is -0.462 e. The van der Waals surface area contributed by atoms with E-state index in [2.05, 4.69) is 41.4 Å². The molecule has 0 bridgehead atoms. The van der Waals surface area contributed by atoms with Crippen molar-refractivity contribution in [3.63, 3.8) is 0 Å². The van der Waals surface area contributed by atoms with Crippen LogP contribution in [0.15, 0.2) is 77.8 Å². The molecule has 374 valence electrons. The maximum atomic E-state index is 12.8. The maximum Gasteiger partial charge on any atom is 0.481 e. The van der Waals surface area contributed by atoms with Gasteiger partial charge in [-0.15, -0.1) is 0 Å². The molecular weight excluding hydrogens is 900 g/mol. The van der Waals surface area contributed by atoms with E-state index in [0.29, 0.717) is 31.6 Å². The van der Waals surface area contributed by atoms with Crippen LogP contribution in [0, 0.1) is 5.92 Å². The molecule has 7 N–H and O–H groups in total. The zero-order valence-corrected chi connectivity index (χ0v) is 40.3. The number of nitrogens with two attached hydrogens (primary N) is 1. The molecule has 0 spiro atoms. The summed E-state index contributed by atoms with van der Waals surface area (Å²) in [6.45, 7) is 3.95. The van der Waals surface area contributed by atoms with Crippen LogP contribution in [-0.4, -0.2) is 96.9 Å². The van der Waals surface area contributed by atoms with Crippen molar-refractivity contribution in [1.29, 1.82) is 0 Å². The lowest BCUT2D eigenvalue weighted by Gasteiger charge is -2.21. The molecule has 2 rings (SSSR count). The molecule has 3 unspecified atom stereocenters. The summed E-state index contributed by atoms with van der Waals surface area (Å²) < 4.78 is 56.4. The summed E-state index contributed by atoms with van der Waals surface area (Å²) in [5, 5.41) is 30.3. The highest BCUT2D eigenvalue weighted by Crippen LogP contribution is 2.60. The lowest BCUT2D eigenvalue weighted by atomic mass is 10.00. The van der Waals surface area contributed by atoms with E-state index in [4.69, 9.17) is 29.0 Å². The molecule has 0 saturated carbocycles. The largest absolute Gasteiger partial charge is 0.481 e. The van der Waals surface area contributed by atoms with Gasteiger partial charge in [-0.25, -0.2) is 13.9 Å². The lowest BCUT2D eigenvalue weighted by molar-refractivity contribution is -0.161. The van der Waals surface area contributed by atoms with Gasteiger partial charge in [-0.2, -0.15) is 9.29 Å². The average molecular weight is 974 g/mol. The van der Waals surface area contributed by atoms with Crippen LogP contribution in [0.5, 0.6) is 0 Å². The second-order valence-corrected chi connectivity index (χ2v) is 19.0. The third kappa shape index (κ3) is 26.1. The Labute approximate surface area is 388 Å². The number of aliphatic hydroxyl groups is 3. The van der Waals surface area contributed by atoms with E-state index in [1.165, 1.54) is 12.5 Å². The first-order valence-electron chi connectivity index (χ1n) is 22.8. The maximum absolute atomic E-state index is 12.8. The number of aromatic nitrogens is 2. The second kappa shape index (κ2) is 33.0. The van der Waals surface area contributed by atoms with E-state index in [1.807, 2.05) is 43.4 Å². The van der Waals surface area contributed by atoms with E-state index >= 15 is 0 Å². The van der Waals surface area contributed by atoms with E-state index in [9.17, 15) is 48.6 Å². The number of unbranched alkanes of at least 4 members (excludes halogenated alkanes) is 6. The molecule has 2 heterocycles. The number of carbonyl (C=O) groups is 2. The fourth-order valence-corrected chi connectivity index (χ4v) is 8.33. The van der Waals surface area contributed by atoms with Crippen molar-refractivity contribution in [1.82, 2.24) is 9.55 Å². The molecule has 1 aliphatic heterocycles. The first kappa shape index (κ1) is 58.5. The molecule has 1 saturated heterocycles. The van der Waals surface area contributed by atoms with Crippen molar-refractivity contribution in [2.24, 2.45) is 5.92 Å². The summed E-state index contributed by atoms with van der Waals surface area (Å²) in [4.78, 5) is 61.6. The highest BCUT2D eigenvalue weighted by atomic mass is 31.3. The van der Waals surface area contributed by atoms with Crippen LogP contribution >= 0.6 is 15.6 Å². The van der Waals surface area contributed by atoms with E-state index in [0.717, 1.165) is 68.6 Å². The number of allylic oxidation sites excluding steroid dienone is 9. The SMILES string of the molecule is CCC(C)CCCCCCCCC(=O)O[C@H](COC(=O)CCC/C=C\C/C=C\C/C=C\C/C=C\C=C\[C@@H](O)CC)COP(=O)(O)OP(=O)(O)OC[C@H]1O[C@@H](n2ccc(N)nc2=O)[C@H](O)[C@@H]1O. The van der Waals surface area contributed by atoms with Gasteiger partial charge in [-0.05, 0) is 56.9 Å². The molecule has 1 aliphatic rings. The fourth-order valence-electron chi connectivity index (χ4n) is 6.22. The summed E-state index contributed by atoms with van der Waals surface area (Å²) in [5.41, 5.74) is 4.57. The van der Waals surface area contributed by atoms with E-state index in [-0.39, 0.29) is 18.7 Å². The lowest BCUT2D eigenvalue weighted by Crippen LogP contribution is -2.36. The highest BCUT2D eigenvalue weighted by Gasteiger charge is 2.46. The van der Waals surface area contributed by atoms with Crippen LogP contribution in [0.25, 0.3) is 0 Å². The fraction of sp³-hybridized carbons (Fsp3) is 0.644. The van der Waals surface area contributed by atoms with Crippen molar-refractivity contribution >= 4 is 33.4 Å². The number of anilines is 1. The Bertz CT molecular complexity index is 1870. The second-order valence-electron chi connectivity index (χ2n) is 16.0. The van der Waals surface area contributed by atoms with Crippen LogP contribution < -0.4 is 11.4 Å². The molecule has 0 aliphatic carbocycles. The molecule has 9 atom stereocenters. The first-order chi connectivity index (χ1) is 31.5. The number of phosphoric acid groups is 2. The van der Waals surface area contributed by atoms with Gasteiger partial charge >= 0.3 is 33.3 Å². The summed E-state index contributed by atoms with van der Waals surface area (Å²) in [7, 11) is -10.9. The molecule has 0 radical (unpaired) electrons. The van der Waals surface area contributed by atoms with Gasteiger partial charge in [0.2, 0.25) is 0 Å². The third-order valence-electron chi connectivity index (χ3n) is 10.3. The predicted octanol–water partition coefficient (Wildman–Crippen LogP) is 7.21. The molecule has 66 heavy (non-hydrogen) atoms. The van der Waals surface area contributed by atoms with Crippen LogP contribution in [0.4, 0.5) is 5.82 Å². The molecular formula is C45H73N3O16P2. The Morgan fingerprint density at radius 3 is 2.12 bits per heavy atom. The van der Waals surface area contributed by atoms with Gasteiger partial charge < -0.3 is 45.1 Å². The minimum atomic E-state index is -5.44. The number of hydrogen-bond donors (Lipinski definition) is 6. The Kier molecular flexibility index (Phi) is 29.3. The van der Waals surface area contributed by atoms with Crippen molar-refractivity contribution in [2.45, 2.75) is 160 Å². The van der Waals surface area contributed by atoms with Crippen LogP contribution in [0.1, 0.15) is 130 Å². The highest BCUT2D eigenvalue weighted by molar-refractivity contribution is 7.61. The smallest absolute Gasteiger partial charge is 0.462 e. The zero-order valence-electron chi connectivity index (χ0n) is 38.5. The Morgan fingerprint density at radius 2 is 1.45 bits per heavy atom. The van der Waals surface area contributed by atoms with Crippen molar-refractivity contribution in [3.05, 3.63) is 83.5 Å². The Balaban J connectivity index is 1.85. The number of carbonyl (C=O) groups excluding carboxylic acids is 2. The minimum absolute atomic E-state index is 0.0263. The molecule has 19 nitrogen and oxygen atoms in total. The number of rotatable bonds is 35. The summed E-state index contributed by atoms with van der Waals surface area (Å²) >= 11 is 0. The third-order valence-corrected chi connectivity index (χ3v) is 12.9. The Morgan fingerprint density at radius 1 is 0.833 bits per heavy atom. The zero-order chi connectivity index (χ0) is 48.8. The van der Waals surface area contributed by atoms with Crippen molar-refractivity contribution in [2.75, 3.05) is 25.6 Å². The first-order valence-corrected chi connectivity index (χ1v) is 25.8. The number of ether oxygens (including phenoxy) is 3. The van der Waals surface area contributed by atoms with Crippen molar-refractivity contribution in [3.8, 4) is 0 Å². The van der Waals surface area contributed by atoms with Gasteiger partial charge in [0.1, 0.15) is 30.7 Å². The van der Waals surface area contributed by atoms with E-state index in [1.54, 1.807) is 6.08 Å². The molecule has 1 aromatic heterocycles. The summed E-state index contributed by atoms with van der Waals surface area (Å²) in [6.07, 6.45) is 24.5. The average Bonchev–Trinajstić information content (AvgIpc) is 3.55. The monoisotopic (exact) mass is 973 g/mol. The molecule has 1 aromatic rings. The van der Waals surface area contributed by atoms with Gasteiger partial charge in [-0.1, -0.05) is 126 Å². The van der Waals surface area contributed by atoms with Crippen LogP contribution in [-0.2, 0) is 46.3 Å². The van der Waals surface area contributed by atoms with Crippen LogP contribution in [0.2, 0.25) is 0 Å². The quantitative estimate of drug-likeness (QED) is 0.0129. The molecule has 0 amide bonds. The molecule has 21 heteroatoms. The predicted molar refractivity (Wildman–Crippen MR) is 248 cm³/mol. The van der Waals surface area contributed by atoms with Gasteiger partial charge in [-0.3, -0.25) is 23.2 Å². The standard InChI is InChI=1S/C45H73N3O16P2/c1-4-35(3)26-22-18-16-17-21-25-29-41(51)62-37(32-59-40(50)28-24-20-15-13-11-9-7-6-8-10-12-14-19-23-27-36(49)5-2)33-60-65(55,56)64-66(57,58)61-34-38-42(52)43(53)44(63-38)48-31-30-39(46)47-45(48)54/h7-10,13-15,19,23,27,30-31,35-38,42-44,49,52-53H,4-6,11-12,16-18,20-22,24-26,28-29,32-34H2,1-3H3,(H,55,56)(H,57,58)(H2,46,47,54)/b9-7-,10-8-,15-13-,19-14-,27-23+/t35?,36-,37+,38+,42+,43+,44+/m0/s1. The number of phosphoric ester groups is 2. The van der Waals surface area contributed by atoms with Gasteiger partial charge in [0.15, 0.2) is 12.3 Å². The van der Waals surface area contributed by atoms with Crippen molar-refractivity contribution < 1.29 is 71.4 Å². The van der Waals surface area contributed by atoms with Gasteiger partial charge in [0.25, 0.3) is 0 Å². The van der Waals surface area contributed by atoms with Gasteiger partial charge in [0.05, 0.1) is 19.3 Å². The normalized spacial score (nSPS) is 21.2. The molecule has 0 aromatic carbocycles.